The first-order valence-corrected chi connectivity index (χ1v) is 14.8. The number of carbonyl (C=O) groups is 3. The maximum absolute atomic E-state index is 14.3. The van der Waals surface area contributed by atoms with Crippen LogP contribution in [0.5, 0.6) is 0 Å². The monoisotopic (exact) mass is 562 g/mol. The number of nitrogens with zero attached hydrogens (tertiary/aromatic N) is 2. The Hall–Kier alpha value is -4.43. The summed E-state index contributed by atoms with van der Waals surface area (Å²) in [5, 5.41) is 4.00. The van der Waals surface area contributed by atoms with Gasteiger partial charge >= 0.3 is 6.03 Å². The number of aromatic nitrogens is 1. The van der Waals surface area contributed by atoms with Crippen molar-refractivity contribution in [2.45, 2.75) is 57.2 Å². The molecule has 2 fully saturated rings. The van der Waals surface area contributed by atoms with E-state index in [0.29, 0.717) is 36.7 Å². The Labute approximate surface area is 244 Å². The Kier molecular flexibility index (Phi) is 6.58. The van der Waals surface area contributed by atoms with Gasteiger partial charge in [0.2, 0.25) is 0 Å². The third-order valence-electron chi connectivity index (χ3n) is 8.87. The molecular weight excluding hydrogens is 528 g/mol. The number of para-hydroxylation sites is 2. The average Bonchev–Trinajstić information content (AvgIpc) is 3.72. The van der Waals surface area contributed by atoms with E-state index in [9.17, 15) is 14.4 Å². The third kappa shape index (κ3) is 4.29. The molecule has 0 saturated carbocycles. The molecule has 4 amide bonds. The van der Waals surface area contributed by atoms with Crippen molar-refractivity contribution in [3.05, 3.63) is 101 Å². The summed E-state index contributed by atoms with van der Waals surface area (Å²) in [6.45, 7) is 5.39. The number of nitrogens with one attached hydrogen (secondary N) is 2. The molecule has 0 spiro atoms. The van der Waals surface area contributed by atoms with Crippen molar-refractivity contribution >= 4 is 34.4 Å². The van der Waals surface area contributed by atoms with E-state index in [0.717, 1.165) is 40.6 Å². The molecule has 2 unspecified atom stereocenters. The highest BCUT2D eigenvalue weighted by atomic mass is 16.5. The lowest BCUT2D eigenvalue weighted by Gasteiger charge is -2.36. The second-order valence-electron chi connectivity index (χ2n) is 11.7. The Morgan fingerprint density at radius 2 is 1.79 bits per heavy atom. The standard InChI is InChI=1S/C34H34N4O4/c1-20(2)21-13-15-22(16-14-21)31-30-26(24-9-3-5-11-27(24)36-30)18-29-33(40)38(34(41)37(29)31)28-12-6-4-10-25(28)32(39)35-19-23-8-7-17-42-23/h3-6,9-16,20,23,29,31,36H,7-8,17-19H2,1-2H3,(H,35,39)/t23?,29-,31?/m0/s1. The molecule has 3 aliphatic heterocycles. The highest BCUT2D eigenvalue weighted by Crippen LogP contribution is 2.45. The summed E-state index contributed by atoms with van der Waals surface area (Å²) >= 11 is 0. The van der Waals surface area contributed by atoms with Crippen LogP contribution in [0.2, 0.25) is 0 Å². The summed E-state index contributed by atoms with van der Waals surface area (Å²) in [5.41, 5.74) is 5.69. The molecule has 3 atom stereocenters. The van der Waals surface area contributed by atoms with E-state index < -0.39 is 18.1 Å². The SMILES string of the molecule is CC(C)c1ccc(C2c3[nH]c4ccccc4c3C[C@H]3C(=O)N(c4ccccc4C(=O)NCC4CCCO4)C(=O)N23)cc1. The molecule has 4 aromatic rings. The molecular formula is C34H34N4O4. The molecule has 2 saturated heterocycles. The van der Waals surface area contributed by atoms with Gasteiger partial charge in [0.1, 0.15) is 12.1 Å². The highest BCUT2D eigenvalue weighted by Gasteiger charge is 2.53. The zero-order chi connectivity index (χ0) is 29.0. The van der Waals surface area contributed by atoms with Crippen LogP contribution in [0, 0.1) is 0 Å². The number of ether oxygens (including phenoxy) is 1. The van der Waals surface area contributed by atoms with E-state index in [1.54, 1.807) is 29.2 Å². The number of fused-ring (bicyclic) bond motifs is 4. The fourth-order valence-corrected chi connectivity index (χ4v) is 6.67. The maximum atomic E-state index is 14.3. The number of hydrogen-bond acceptors (Lipinski definition) is 4. The number of H-pyrrole nitrogens is 1. The molecule has 7 rings (SSSR count). The topological polar surface area (TPSA) is 94.7 Å². The molecule has 3 aliphatic rings. The van der Waals surface area contributed by atoms with Crippen LogP contribution in [-0.2, 0) is 16.0 Å². The van der Waals surface area contributed by atoms with Crippen molar-refractivity contribution < 1.29 is 19.1 Å². The van der Waals surface area contributed by atoms with Gasteiger partial charge < -0.3 is 15.0 Å². The van der Waals surface area contributed by atoms with Crippen molar-refractivity contribution in [2.24, 2.45) is 0 Å². The largest absolute Gasteiger partial charge is 0.376 e. The first-order chi connectivity index (χ1) is 20.4. The molecule has 8 nitrogen and oxygen atoms in total. The van der Waals surface area contributed by atoms with Crippen LogP contribution < -0.4 is 10.2 Å². The van der Waals surface area contributed by atoms with Crippen LogP contribution in [0.1, 0.15) is 71.4 Å². The van der Waals surface area contributed by atoms with Gasteiger partial charge in [-0.25, -0.2) is 9.69 Å². The van der Waals surface area contributed by atoms with Crippen LogP contribution in [0.25, 0.3) is 10.9 Å². The van der Waals surface area contributed by atoms with Crippen LogP contribution in [-0.4, -0.2) is 53.0 Å². The maximum Gasteiger partial charge on any atom is 0.332 e. The molecule has 42 heavy (non-hydrogen) atoms. The van der Waals surface area contributed by atoms with Gasteiger partial charge in [0.25, 0.3) is 11.8 Å². The molecule has 1 aromatic heterocycles. The molecule has 214 valence electrons. The molecule has 0 bridgehead atoms. The average molecular weight is 563 g/mol. The van der Waals surface area contributed by atoms with E-state index in [2.05, 4.69) is 54.5 Å². The normalized spacial score (nSPS) is 21.7. The summed E-state index contributed by atoms with van der Waals surface area (Å²) in [6, 6.07) is 21.6. The van der Waals surface area contributed by atoms with Crippen LogP contribution in [0.3, 0.4) is 0 Å². The number of urea groups is 1. The minimum absolute atomic E-state index is 0.0168. The number of amides is 4. The third-order valence-corrected chi connectivity index (χ3v) is 8.87. The number of carbonyl (C=O) groups excluding carboxylic acids is 3. The lowest BCUT2D eigenvalue weighted by molar-refractivity contribution is -0.120. The van der Waals surface area contributed by atoms with Gasteiger partial charge in [0, 0.05) is 36.2 Å². The zero-order valence-corrected chi connectivity index (χ0v) is 23.8. The summed E-state index contributed by atoms with van der Waals surface area (Å²) in [6.07, 6.45) is 2.26. The van der Waals surface area contributed by atoms with Crippen molar-refractivity contribution in [1.29, 1.82) is 0 Å². The van der Waals surface area contributed by atoms with Crippen molar-refractivity contribution in [2.75, 3.05) is 18.1 Å². The molecule has 8 heteroatoms. The second kappa shape index (κ2) is 10.4. The quantitative estimate of drug-likeness (QED) is 0.296. The summed E-state index contributed by atoms with van der Waals surface area (Å²) in [4.78, 5) is 48.3. The van der Waals surface area contributed by atoms with E-state index in [4.69, 9.17) is 4.74 Å². The molecule has 2 N–H and O–H groups in total. The number of benzene rings is 3. The van der Waals surface area contributed by atoms with E-state index in [-0.39, 0.29) is 17.9 Å². The van der Waals surface area contributed by atoms with Gasteiger partial charge in [-0.1, -0.05) is 68.4 Å². The molecule has 0 aliphatic carbocycles. The van der Waals surface area contributed by atoms with Crippen molar-refractivity contribution in [1.82, 2.24) is 15.2 Å². The lowest BCUT2D eigenvalue weighted by atomic mass is 9.88. The molecule has 0 radical (unpaired) electrons. The van der Waals surface area contributed by atoms with E-state index >= 15 is 0 Å². The summed E-state index contributed by atoms with van der Waals surface area (Å²) < 4.78 is 5.65. The number of anilines is 1. The minimum Gasteiger partial charge on any atom is -0.376 e. The van der Waals surface area contributed by atoms with Gasteiger partial charge in [-0.3, -0.25) is 14.5 Å². The van der Waals surface area contributed by atoms with Crippen LogP contribution >= 0.6 is 0 Å². The van der Waals surface area contributed by atoms with Crippen molar-refractivity contribution in [3.8, 4) is 0 Å². The molecule has 4 heterocycles. The fourth-order valence-electron chi connectivity index (χ4n) is 6.67. The number of imide groups is 1. The Morgan fingerprint density at radius 3 is 2.55 bits per heavy atom. The minimum atomic E-state index is -0.693. The van der Waals surface area contributed by atoms with Crippen molar-refractivity contribution in [3.63, 3.8) is 0 Å². The number of rotatable bonds is 6. The predicted octanol–water partition coefficient (Wildman–Crippen LogP) is 5.68. The van der Waals surface area contributed by atoms with Gasteiger partial charge in [-0.2, -0.15) is 0 Å². The summed E-state index contributed by atoms with van der Waals surface area (Å²) in [7, 11) is 0. The van der Waals surface area contributed by atoms with Gasteiger partial charge in [-0.05, 0) is 53.6 Å². The van der Waals surface area contributed by atoms with E-state index in [1.807, 2.05) is 18.2 Å². The van der Waals surface area contributed by atoms with E-state index in [1.165, 1.54) is 10.5 Å². The highest BCUT2D eigenvalue weighted by molar-refractivity contribution is 6.24. The summed E-state index contributed by atoms with van der Waals surface area (Å²) in [5.74, 6) is -0.280. The zero-order valence-electron chi connectivity index (χ0n) is 23.8. The van der Waals surface area contributed by atoms with Gasteiger partial charge in [-0.15, -0.1) is 0 Å². The fraction of sp³-hybridized carbons (Fsp3) is 0.324. The van der Waals surface area contributed by atoms with Crippen LogP contribution in [0.15, 0.2) is 72.8 Å². The smallest absolute Gasteiger partial charge is 0.332 e. The predicted molar refractivity (Wildman–Crippen MR) is 161 cm³/mol. The Bertz CT molecular complexity index is 1690. The Morgan fingerprint density at radius 1 is 1.02 bits per heavy atom. The number of hydrogen-bond donors (Lipinski definition) is 2. The van der Waals surface area contributed by atoms with Gasteiger partial charge in [0.05, 0.1) is 17.4 Å². The van der Waals surface area contributed by atoms with Crippen LogP contribution in [0.4, 0.5) is 10.5 Å². The first kappa shape index (κ1) is 26.5. The number of aromatic amines is 1. The lowest BCUT2D eigenvalue weighted by Crippen LogP contribution is -2.44. The second-order valence-corrected chi connectivity index (χ2v) is 11.7. The first-order valence-electron chi connectivity index (χ1n) is 14.8. The Balaban J connectivity index is 1.28. The molecule has 3 aromatic carbocycles. The van der Waals surface area contributed by atoms with Gasteiger partial charge in [0.15, 0.2) is 0 Å².